The molecule has 1 unspecified atom stereocenters. The van der Waals surface area contributed by atoms with Crippen LogP contribution in [0.1, 0.15) is 12.8 Å². The third kappa shape index (κ3) is 6.20. The Bertz CT molecular complexity index is 954. The first-order chi connectivity index (χ1) is 16.3. The van der Waals surface area contributed by atoms with Crippen LogP contribution in [-0.2, 0) is 4.79 Å². The van der Waals surface area contributed by atoms with Gasteiger partial charge < -0.3 is 14.5 Å². The highest BCUT2D eigenvalue weighted by Gasteiger charge is 2.47. The van der Waals surface area contributed by atoms with Gasteiger partial charge in [-0.05, 0) is 43.7 Å². The smallest absolute Gasteiger partial charge is 0.454 e. The first-order valence-electron chi connectivity index (χ1n) is 11.5. The number of benzene rings is 1. The highest BCUT2D eigenvalue weighted by atomic mass is 35.5. The first-order valence-corrected chi connectivity index (χ1v) is 11.8. The van der Waals surface area contributed by atoms with E-state index >= 15 is 0 Å². The zero-order chi connectivity index (χ0) is 24.1. The number of halogens is 4. The van der Waals surface area contributed by atoms with Crippen LogP contribution in [0.4, 0.5) is 13.2 Å². The van der Waals surface area contributed by atoms with Crippen LogP contribution in [0.3, 0.4) is 0 Å². The van der Waals surface area contributed by atoms with E-state index in [1.54, 1.807) is 29.3 Å². The molecule has 0 aliphatic carbocycles. The minimum absolute atomic E-state index is 0.204. The molecule has 0 saturated carbocycles. The van der Waals surface area contributed by atoms with E-state index in [-0.39, 0.29) is 5.57 Å². The number of piperazine rings is 1. The van der Waals surface area contributed by atoms with Crippen molar-refractivity contribution in [3.8, 4) is 5.75 Å². The summed E-state index contributed by atoms with van der Waals surface area (Å²) in [5, 5.41) is 0.683. The number of rotatable bonds is 9. The lowest BCUT2D eigenvalue weighted by molar-refractivity contribution is -0.166. The first kappa shape index (κ1) is 24.8. The van der Waals surface area contributed by atoms with Gasteiger partial charge >= 0.3 is 6.18 Å². The van der Waals surface area contributed by atoms with Crippen LogP contribution in [-0.4, -0.2) is 84.9 Å². The number of amidine groups is 1. The van der Waals surface area contributed by atoms with E-state index in [0.717, 1.165) is 51.4 Å². The maximum Gasteiger partial charge on any atom is 0.454 e. The Morgan fingerprint density at radius 3 is 2.41 bits per heavy atom. The average molecular weight is 497 g/mol. The van der Waals surface area contributed by atoms with Gasteiger partial charge in [-0.3, -0.25) is 9.69 Å². The highest BCUT2D eigenvalue weighted by Crippen LogP contribution is 2.35. The SMILES string of the molecule is O=C(C1=CN(CCCN2CCN(CCOc3ccc(Cl)cc3)CC2)C2=NC=CCC12)C(F)(F)F. The summed E-state index contributed by atoms with van der Waals surface area (Å²) in [5.74, 6) is -1.02. The Labute approximate surface area is 202 Å². The highest BCUT2D eigenvalue weighted by molar-refractivity contribution is 6.30. The normalized spacial score (nSPS) is 21.3. The number of carbonyl (C=O) groups is 1. The molecule has 3 heterocycles. The van der Waals surface area contributed by atoms with E-state index in [4.69, 9.17) is 16.3 Å². The molecule has 3 aliphatic rings. The molecule has 0 aromatic heterocycles. The fourth-order valence-corrected chi connectivity index (χ4v) is 4.60. The van der Waals surface area contributed by atoms with Crippen LogP contribution >= 0.6 is 11.6 Å². The lowest BCUT2D eigenvalue weighted by Gasteiger charge is -2.35. The van der Waals surface area contributed by atoms with Crippen molar-refractivity contribution in [1.82, 2.24) is 14.7 Å². The minimum atomic E-state index is -4.87. The summed E-state index contributed by atoms with van der Waals surface area (Å²) >= 11 is 5.88. The maximum atomic E-state index is 13.0. The van der Waals surface area contributed by atoms with Gasteiger partial charge in [0.2, 0.25) is 0 Å². The standard InChI is InChI=1S/C24H28ClF3N4O2/c25-18-4-6-19(7-5-18)34-16-15-31-13-11-30(12-14-31)9-2-10-32-17-21(22(33)24(26,27)28)20-3-1-8-29-23(20)32/h1,4-8,17,20H,2-3,9-16H2. The van der Waals surface area contributed by atoms with Crippen molar-refractivity contribution in [3.05, 3.63) is 53.3 Å². The van der Waals surface area contributed by atoms with Gasteiger partial charge in [-0.2, -0.15) is 13.2 Å². The lowest BCUT2D eigenvalue weighted by atomic mass is 9.93. The second kappa shape index (κ2) is 10.9. The molecule has 1 saturated heterocycles. The molecule has 3 aliphatic heterocycles. The molecule has 0 spiro atoms. The Hall–Kier alpha value is -2.36. The molecular formula is C24H28ClF3N4O2. The van der Waals surface area contributed by atoms with E-state index in [1.807, 2.05) is 12.1 Å². The third-order valence-electron chi connectivity index (χ3n) is 6.31. The van der Waals surface area contributed by atoms with E-state index < -0.39 is 17.9 Å². The molecule has 1 fully saturated rings. The molecule has 1 atom stereocenters. The minimum Gasteiger partial charge on any atom is -0.492 e. The molecule has 1 aromatic carbocycles. The number of fused-ring (bicyclic) bond motifs is 1. The summed E-state index contributed by atoms with van der Waals surface area (Å²) < 4.78 is 44.8. The molecule has 0 N–H and O–H groups in total. The molecule has 184 valence electrons. The molecule has 0 amide bonds. The molecule has 4 rings (SSSR count). The number of aliphatic imine (C=N–C) groups is 1. The molecule has 0 bridgehead atoms. The maximum absolute atomic E-state index is 13.0. The van der Waals surface area contributed by atoms with E-state index in [2.05, 4.69) is 14.8 Å². The number of ketones is 1. The Kier molecular flexibility index (Phi) is 7.95. The summed E-state index contributed by atoms with van der Waals surface area (Å²) in [6, 6.07) is 7.32. The number of alkyl halides is 3. The summed E-state index contributed by atoms with van der Waals surface area (Å²) in [6.45, 7) is 6.58. The van der Waals surface area contributed by atoms with Crippen LogP contribution in [0, 0.1) is 5.92 Å². The Balaban J connectivity index is 1.19. The van der Waals surface area contributed by atoms with Crippen LogP contribution in [0.25, 0.3) is 0 Å². The van der Waals surface area contributed by atoms with Gasteiger partial charge in [-0.15, -0.1) is 0 Å². The van der Waals surface area contributed by atoms with Crippen molar-refractivity contribution < 1.29 is 22.7 Å². The summed E-state index contributed by atoms with van der Waals surface area (Å²) in [5.41, 5.74) is -0.204. The average Bonchev–Trinajstić information content (AvgIpc) is 3.19. The fraction of sp³-hybridized carbons (Fsp3) is 0.500. The fourth-order valence-electron chi connectivity index (χ4n) is 4.47. The molecule has 34 heavy (non-hydrogen) atoms. The summed E-state index contributed by atoms with van der Waals surface area (Å²) in [7, 11) is 0. The van der Waals surface area contributed by atoms with Gasteiger partial charge in [0.15, 0.2) is 0 Å². The van der Waals surface area contributed by atoms with Crippen molar-refractivity contribution in [3.63, 3.8) is 0 Å². The van der Waals surface area contributed by atoms with Gasteiger partial charge in [0.05, 0.1) is 5.92 Å². The second-order valence-electron chi connectivity index (χ2n) is 8.60. The van der Waals surface area contributed by atoms with Crippen molar-refractivity contribution in [1.29, 1.82) is 0 Å². The molecular weight excluding hydrogens is 469 g/mol. The topological polar surface area (TPSA) is 48.4 Å². The zero-order valence-electron chi connectivity index (χ0n) is 18.8. The van der Waals surface area contributed by atoms with Crippen molar-refractivity contribution >= 4 is 23.2 Å². The van der Waals surface area contributed by atoms with Crippen LogP contribution < -0.4 is 4.74 Å². The second-order valence-corrected chi connectivity index (χ2v) is 9.04. The summed E-state index contributed by atoms with van der Waals surface area (Å²) in [6.07, 6.45) is 0.934. The number of hydrogen-bond donors (Lipinski definition) is 0. The molecule has 6 nitrogen and oxygen atoms in total. The third-order valence-corrected chi connectivity index (χ3v) is 6.56. The number of ether oxygens (including phenoxy) is 1. The Morgan fingerprint density at radius 2 is 1.74 bits per heavy atom. The van der Waals surface area contributed by atoms with E-state index in [0.29, 0.717) is 30.4 Å². The Morgan fingerprint density at radius 1 is 1.06 bits per heavy atom. The van der Waals surface area contributed by atoms with Gasteiger partial charge in [0.1, 0.15) is 18.2 Å². The monoisotopic (exact) mass is 496 g/mol. The number of hydrogen-bond acceptors (Lipinski definition) is 6. The molecule has 1 aromatic rings. The van der Waals surface area contributed by atoms with E-state index in [1.165, 1.54) is 6.20 Å². The van der Waals surface area contributed by atoms with Crippen LogP contribution in [0.2, 0.25) is 5.02 Å². The summed E-state index contributed by atoms with van der Waals surface area (Å²) in [4.78, 5) is 22.6. The van der Waals surface area contributed by atoms with Gasteiger partial charge in [0.25, 0.3) is 5.78 Å². The van der Waals surface area contributed by atoms with Crippen molar-refractivity contribution in [2.45, 2.75) is 19.0 Å². The van der Waals surface area contributed by atoms with Crippen molar-refractivity contribution in [2.75, 3.05) is 52.4 Å². The predicted octanol–water partition coefficient (Wildman–Crippen LogP) is 3.99. The van der Waals surface area contributed by atoms with Crippen LogP contribution in [0.15, 0.2) is 53.3 Å². The van der Waals surface area contributed by atoms with Gasteiger partial charge in [0, 0.05) is 62.3 Å². The zero-order valence-corrected chi connectivity index (χ0v) is 19.6. The largest absolute Gasteiger partial charge is 0.492 e. The van der Waals surface area contributed by atoms with Crippen LogP contribution in [0.5, 0.6) is 5.75 Å². The van der Waals surface area contributed by atoms with Crippen molar-refractivity contribution in [2.24, 2.45) is 10.9 Å². The van der Waals surface area contributed by atoms with E-state index in [9.17, 15) is 18.0 Å². The molecule has 10 heteroatoms. The quantitative estimate of drug-likeness (QED) is 0.517. The molecule has 0 radical (unpaired) electrons. The lowest BCUT2D eigenvalue weighted by Crippen LogP contribution is -2.48. The predicted molar refractivity (Wildman–Crippen MR) is 125 cm³/mol. The number of carbonyl (C=O) groups excluding carboxylic acids is 1. The van der Waals surface area contributed by atoms with Gasteiger partial charge in [-0.25, -0.2) is 4.99 Å². The number of Topliss-reactive ketones (excluding diaryl/α,β-unsaturated/α-hetero) is 1. The van der Waals surface area contributed by atoms with Gasteiger partial charge in [-0.1, -0.05) is 17.7 Å². The number of nitrogens with zero attached hydrogens (tertiary/aromatic N) is 4. The number of allylic oxidation sites excluding steroid dienone is 1.